The lowest BCUT2D eigenvalue weighted by Gasteiger charge is -2.49. The van der Waals surface area contributed by atoms with Crippen molar-refractivity contribution in [3.8, 4) is 0 Å². The van der Waals surface area contributed by atoms with Gasteiger partial charge < -0.3 is 66.3 Å². The van der Waals surface area contributed by atoms with E-state index >= 15 is 0 Å². The highest BCUT2D eigenvalue weighted by Crippen LogP contribution is 2.39. The lowest BCUT2D eigenvalue weighted by Crippen LogP contribution is -2.67. The topological polar surface area (TPSA) is 249 Å². The second-order valence-corrected chi connectivity index (χ2v) is 13.9. The maximum absolute atomic E-state index is 12.8. The third kappa shape index (κ3) is 12.1. The van der Waals surface area contributed by atoms with Crippen molar-refractivity contribution in [1.82, 2.24) is 0 Å². The lowest BCUT2D eigenvalue weighted by atomic mass is 9.95. The molecule has 0 N–H and O–H groups in total. The molecule has 2 bridgehead atoms. The summed E-state index contributed by atoms with van der Waals surface area (Å²) in [6.07, 6.45) is -19.3. The van der Waals surface area contributed by atoms with Crippen LogP contribution >= 0.6 is 0 Å². The Labute approximate surface area is 338 Å². The van der Waals surface area contributed by atoms with E-state index in [4.69, 9.17) is 66.3 Å². The fourth-order valence-corrected chi connectivity index (χ4v) is 6.99. The van der Waals surface area contributed by atoms with Crippen LogP contribution in [0.1, 0.15) is 54.0 Å². The van der Waals surface area contributed by atoms with E-state index in [1.54, 1.807) is 0 Å². The smallest absolute Gasteiger partial charge is 0.303 e. The molecule has 0 saturated carbocycles. The molecular formula is C38H48O21. The van der Waals surface area contributed by atoms with E-state index in [9.17, 15) is 33.6 Å². The Kier molecular flexibility index (Phi) is 15.7. The molecule has 1 aromatic rings. The van der Waals surface area contributed by atoms with Gasteiger partial charge in [0.25, 0.3) is 0 Å². The predicted molar refractivity (Wildman–Crippen MR) is 188 cm³/mol. The Balaban J connectivity index is 1.53. The Hall–Kier alpha value is -4.77. The van der Waals surface area contributed by atoms with Crippen molar-refractivity contribution < 1.29 is 99.9 Å². The second-order valence-electron chi connectivity index (χ2n) is 13.9. The van der Waals surface area contributed by atoms with E-state index in [0.29, 0.717) is 0 Å². The number of carbonyl (C=O) groups is 7. The number of fused-ring (bicyclic) bond motifs is 2. The summed E-state index contributed by atoms with van der Waals surface area (Å²) < 4.78 is 81.7. The van der Waals surface area contributed by atoms with Gasteiger partial charge in [0.05, 0.1) is 13.2 Å². The monoisotopic (exact) mass is 840 g/mol. The van der Waals surface area contributed by atoms with Gasteiger partial charge in [0, 0.05) is 48.5 Å². The number of benzene rings is 1. The first-order valence-corrected chi connectivity index (χ1v) is 18.7. The number of esters is 7. The van der Waals surface area contributed by atoms with Crippen LogP contribution in [-0.4, -0.2) is 148 Å². The summed E-state index contributed by atoms with van der Waals surface area (Å²) in [6, 6.07) is 9.27. The molecule has 0 spiro atoms. The maximum Gasteiger partial charge on any atom is 0.303 e. The third-order valence-electron chi connectivity index (χ3n) is 9.15. The van der Waals surface area contributed by atoms with Crippen molar-refractivity contribution >= 4 is 41.8 Å². The van der Waals surface area contributed by atoms with E-state index in [1.807, 2.05) is 30.3 Å². The Morgan fingerprint density at radius 2 is 0.949 bits per heavy atom. The summed E-state index contributed by atoms with van der Waals surface area (Å²) >= 11 is 0. The van der Waals surface area contributed by atoms with E-state index in [1.165, 1.54) is 0 Å². The molecule has 4 saturated heterocycles. The van der Waals surface area contributed by atoms with Crippen LogP contribution < -0.4 is 0 Å². The Morgan fingerprint density at radius 3 is 1.44 bits per heavy atom. The van der Waals surface area contributed by atoms with Gasteiger partial charge >= 0.3 is 41.8 Å². The van der Waals surface area contributed by atoms with Crippen LogP contribution in [0, 0.1) is 0 Å². The van der Waals surface area contributed by atoms with Gasteiger partial charge in [-0.1, -0.05) is 30.3 Å². The average molecular weight is 841 g/mol. The minimum absolute atomic E-state index is 0.115. The summed E-state index contributed by atoms with van der Waals surface area (Å²) in [5.41, 5.74) is 0.847. The van der Waals surface area contributed by atoms with Gasteiger partial charge in [-0.05, 0) is 5.56 Å². The van der Waals surface area contributed by atoms with E-state index in [2.05, 4.69) is 0 Å². The SMILES string of the molecule is CC(=O)OC[C@H]1O[C@@H](O[C@H]2[C@H](OC(C)=O)[C@@H](OC(C)=O)[C@H](O[C@H]3[C@@H](OCc4ccccc4)[C@@H]4OC[C@H]3O4)O[C@@H]2COC(C)=O)[C@H](OC(C)=O)[C@@H](OC(C)=O)[C@H]1OC(C)=O. The van der Waals surface area contributed by atoms with Gasteiger partial charge in [-0.25, -0.2) is 0 Å². The van der Waals surface area contributed by atoms with E-state index < -0.39 is 141 Å². The molecular weight excluding hydrogens is 792 g/mol. The average Bonchev–Trinajstić information content (AvgIpc) is 3.75. The quantitative estimate of drug-likeness (QED) is 0.161. The molecule has 0 aromatic heterocycles. The highest BCUT2D eigenvalue weighted by molar-refractivity contribution is 5.69. The normalized spacial score (nSPS) is 33.5. The van der Waals surface area contributed by atoms with E-state index in [0.717, 1.165) is 54.0 Å². The molecule has 0 aliphatic carbocycles. The molecule has 0 unspecified atom stereocenters. The molecule has 5 rings (SSSR count). The molecule has 1 aromatic carbocycles. The largest absolute Gasteiger partial charge is 0.463 e. The summed E-state index contributed by atoms with van der Waals surface area (Å²) in [5.74, 6) is -5.96. The number of ether oxygens (including phenoxy) is 14. The summed E-state index contributed by atoms with van der Waals surface area (Å²) in [7, 11) is 0. The fourth-order valence-electron chi connectivity index (χ4n) is 6.99. The second kappa shape index (κ2) is 20.5. The van der Waals surface area contributed by atoms with Crippen molar-refractivity contribution in [1.29, 1.82) is 0 Å². The van der Waals surface area contributed by atoms with Gasteiger partial charge in [-0.2, -0.15) is 0 Å². The van der Waals surface area contributed by atoms with Crippen molar-refractivity contribution in [2.24, 2.45) is 0 Å². The molecule has 326 valence electrons. The molecule has 14 atom stereocenters. The van der Waals surface area contributed by atoms with Crippen molar-refractivity contribution in [2.75, 3.05) is 19.8 Å². The van der Waals surface area contributed by atoms with Crippen LogP contribution in [0.2, 0.25) is 0 Å². The zero-order valence-corrected chi connectivity index (χ0v) is 33.4. The molecule has 4 aliphatic heterocycles. The molecule has 21 nitrogen and oxygen atoms in total. The molecule has 4 heterocycles. The molecule has 59 heavy (non-hydrogen) atoms. The minimum Gasteiger partial charge on any atom is -0.463 e. The summed E-state index contributed by atoms with van der Waals surface area (Å²) in [6.45, 7) is 6.60. The molecule has 4 aliphatic rings. The van der Waals surface area contributed by atoms with Crippen LogP contribution in [0.3, 0.4) is 0 Å². The first kappa shape index (κ1) is 45.3. The summed E-state index contributed by atoms with van der Waals surface area (Å²) in [5, 5.41) is 0. The Morgan fingerprint density at radius 1 is 0.508 bits per heavy atom. The number of hydrogen-bond donors (Lipinski definition) is 0. The molecule has 0 radical (unpaired) electrons. The highest BCUT2D eigenvalue weighted by Gasteiger charge is 2.60. The van der Waals surface area contributed by atoms with Crippen molar-refractivity contribution in [3.63, 3.8) is 0 Å². The van der Waals surface area contributed by atoms with Crippen LogP contribution in [0.4, 0.5) is 0 Å². The van der Waals surface area contributed by atoms with E-state index in [-0.39, 0.29) is 13.2 Å². The summed E-state index contributed by atoms with van der Waals surface area (Å²) in [4.78, 5) is 86.8. The standard InChI is InChI=1S/C38H48O21/c1-17(39)46-14-25-28(50-19(3)41)31(51-20(4)42)34(53-22(6)44)37(56-25)58-29-26(15-47-18(2)40)57-38(35(54-23(7)45)32(29)52-21(5)43)59-30-27-16-49-36(55-27)33(30)48-13-24-11-9-8-10-12-24/h8-12,25-38H,13-16H2,1-7H3/t25-,26-,27-,28+,29-,30-,31+,32+,33-,34-,35-,36-,37+,38+/m1/s1. The van der Waals surface area contributed by atoms with Gasteiger partial charge in [-0.3, -0.25) is 33.6 Å². The minimum atomic E-state index is -1.83. The molecule has 4 fully saturated rings. The molecule has 0 amide bonds. The first-order valence-electron chi connectivity index (χ1n) is 18.7. The Bertz CT molecular complexity index is 1670. The van der Waals surface area contributed by atoms with Crippen LogP contribution in [0.25, 0.3) is 0 Å². The van der Waals surface area contributed by atoms with Gasteiger partial charge in [0.1, 0.15) is 49.8 Å². The van der Waals surface area contributed by atoms with Crippen LogP contribution in [-0.2, 0) is 106 Å². The lowest BCUT2D eigenvalue weighted by molar-refractivity contribution is -0.367. The zero-order chi connectivity index (χ0) is 43.0. The van der Waals surface area contributed by atoms with Gasteiger partial charge in [-0.15, -0.1) is 0 Å². The fraction of sp³-hybridized carbons (Fsp3) is 0.658. The van der Waals surface area contributed by atoms with Gasteiger partial charge in [0.2, 0.25) is 0 Å². The van der Waals surface area contributed by atoms with Crippen molar-refractivity contribution in [2.45, 2.75) is 141 Å². The van der Waals surface area contributed by atoms with Crippen LogP contribution in [0.5, 0.6) is 0 Å². The van der Waals surface area contributed by atoms with Crippen molar-refractivity contribution in [3.05, 3.63) is 35.9 Å². The zero-order valence-electron chi connectivity index (χ0n) is 33.4. The van der Waals surface area contributed by atoms with Crippen LogP contribution in [0.15, 0.2) is 30.3 Å². The maximum atomic E-state index is 12.8. The third-order valence-corrected chi connectivity index (χ3v) is 9.15. The number of carbonyl (C=O) groups excluding carboxylic acids is 7. The number of hydrogen-bond acceptors (Lipinski definition) is 21. The number of rotatable bonds is 16. The molecule has 21 heteroatoms. The van der Waals surface area contributed by atoms with Gasteiger partial charge in [0.15, 0.2) is 49.4 Å². The predicted octanol–water partition coefficient (Wildman–Crippen LogP) is 0.332. The first-order chi connectivity index (χ1) is 28.0. The highest BCUT2D eigenvalue weighted by atomic mass is 16.8.